The van der Waals surface area contributed by atoms with Crippen LogP contribution in [0.2, 0.25) is 0 Å². The van der Waals surface area contributed by atoms with Gasteiger partial charge in [0.15, 0.2) is 0 Å². The summed E-state index contributed by atoms with van der Waals surface area (Å²) in [6.45, 7) is 0. The molecule has 0 atom stereocenters. The summed E-state index contributed by atoms with van der Waals surface area (Å²) in [7, 11) is 0. The van der Waals surface area contributed by atoms with Crippen molar-refractivity contribution in [2.24, 2.45) is 0 Å². The lowest BCUT2D eigenvalue weighted by molar-refractivity contribution is 1.31. The summed E-state index contributed by atoms with van der Waals surface area (Å²) in [6.07, 6.45) is 7.73. The van der Waals surface area contributed by atoms with Crippen molar-refractivity contribution in [3.05, 3.63) is 156 Å². The summed E-state index contributed by atoms with van der Waals surface area (Å²) < 4.78 is 0. The molecule has 226 valence electrons. The second-order valence-corrected chi connectivity index (χ2v) is 13.1. The molecule has 0 aliphatic heterocycles. The highest BCUT2D eigenvalue weighted by Gasteiger charge is 2.19. The number of pyridine rings is 2. The lowest BCUT2D eigenvalue weighted by Crippen LogP contribution is -1.93. The van der Waals surface area contributed by atoms with E-state index in [0.717, 1.165) is 71.9 Å². The first-order valence-corrected chi connectivity index (χ1v) is 17.5. The molecular weight excluding hydrogens is 625 g/mol. The minimum Gasteiger partial charge on any atom is -0.263 e. The standard InChI is InChI=1S/C42H26N4S2/c1-2-6-27(7-3-1)28-10-12-29(13-11-28)30-14-15-37-38(18-30)42(34-17-32(20-44-22-34)40-24-48-26-46-40)36-9-5-4-8-35(36)41(37)33-16-31(19-43-21-33)39-23-47-25-45-39/h1-26H. The molecule has 9 rings (SSSR count). The van der Waals surface area contributed by atoms with Crippen LogP contribution in [0.1, 0.15) is 0 Å². The van der Waals surface area contributed by atoms with E-state index in [4.69, 9.17) is 9.97 Å². The van der Waals surface area contributed by atoms with Crippen molar-refractivity contribution in [3.8, 4) is 67.0 Å². The molecule has 5 aromatic carbocycles. The zero-order chi connectivity index (χ0) is 31.9. The lowest BCUT2D eigenvalue weighted by Gasteiger charge is -2.19. The molecule has 0 saturated heterocycles. The average molecular weight is 651 g/mol. The maximum atomic E-state index is 4.72. The van der Waals surface area contributed by atoms with Gasteiger partial charge in [0.2, 0.25) is 0 Å². The summed E-state index contributed by atoms with van der Waals surface area (Å²) in [4.78, 5) is 18.6. The van der Waals surface area contributed by atoms with Gasteiger partial charge in [-0.2, -0.15) is 0 Å². The number of nitrogens with zero attached hydrogens (tertiary/aromatic N) is 4. The van der Waals surface area contributed by atoms with E-state index in [9.17, 15) is 0 Å². The Morgan fingerprint density at radius 3 is 1.38 bits per heavy atom. The molecule has 0 radical (unpaired) electrons. The summed E-state index contributed by atoms with van der Waals surface area (Å²) in [5.74, 6) is 0. The first-order valence-electron chi connectivity index (χ1n) is 15.6. The van der Waals surface area contributed by atoms with Gasteiger partial charge in [-0.15, -0.1) is 22.7 Å². The van der Waals surface area contributed by atoms with Crippen LogP contribution in [-0.2, 0) is 0 Å². The second-order valence-electron chi connectivity index (χ2n) is 11.7. The van der Waals surface area contributed by atoms with E-state index in [-0.39, 0.29) is 0 Å². The van der Waals surface area contributed by atoms with Crippen LogP contribution >= 0.6 is 22.7 Å². The van der Waals surface area contributed by atoms with Crippen LogP contribution in [0.4, 0.5) is 0 Å². The van der Waals surface area contributed by atoms with Crippen LogP contribution in [-0.4, -0.2) is 19.9 Å². The molecule has 0 amide bonds. The Kier molecular flexibility index (Phi) is 7.15. The number of hydrogen-bond donors (Lipinski definition) is 0. The normalized spacial score (nSPS) is 11.3. The predicted octanol–water partition coefficient (Wildman–Crippen LogP) is 11.7. The molecule has 0 bridgehead atoms. The monoisotopic (exact) mass is 650 g/mol. The highest BCUT2D eigenvalue weighted by atomic mass is 32.1. The van der Waals surface area contributed by atoms with Crippen molar-refractivity contribution in [2.75, 3.05) is 0 Å². The maximum Gasteiger partial charge on any atom is 0.0826 e. The lowest BCUT2D eigenvalue weighted by atomic mass is 9.85. The summed E-state index contributed by atoms with van der Waals surface area (Å²) >= 11 is 3.18. The molecule has 0 unspecified atom stereocenters. The van der Waals surface area contributed by atoms with Gasteiger partial charge in [0, 0.05) is 57.8 Å². The van der Waals surface area contributed by atoms with E-state index >= 15 is 0 Å². The van der Waals surface area contributed by atoms with Crippen molar-refractivity contribution in [2.45, 2.75) is 0 Å². The van der Waals surface area contributed by atoms with Gasteiger partial charge >= 0.3 is 0 Å². The van der Waals surface area contributed by atoms with Crippen LogP contribution in [0.3, 0.4) is 0 Å². The predicted molar refractivity (Wildman–Crippen MR) is 201 cm³/mol. The molecule has 4 heterocycles. The van der Waals surface area contributed by atoms with Crippen molar-refractivity contribution >= 4 is 44.2 Å². The van der Waals surface area contributed by atoms with E-state index < -0.39 is 0 Å². The third kappa shape index (κ3) is 5.08. The summed E-state index contributed by atoms with van der Waals surface area (Å²) in [5, 5.41) is 8.77. The zero-order valence-corrected chi connectivity index (χ0v) is 27.2. The van der Waals surface area contributed by atoms with Crippen molar-refractivity contribution in [1.29, 1.82) is 0 Å². The van der Waals surface area contributed by atoms with Gasteiger partial charge in [-0.1, -0.05) is 91.0 Å². The fraction of sp³-hybridized carbons (Fsp3) is 0. The molecule has 0 saturated carbocycles. The number of thiazole rings is 2. The molecule has 6 heteroatoms. The van der Waals surface area contributed by atoms with Gasteiger partial charge in [-0.25, -0.2) is 9.97 Å². The first-order chi connectivity index (χ1) is 23.8. The highest BCUT2D eigenvalue weighted by Crippen LogP contribution is 2.45. The fourth-order valence-corrected chi connectivity index (χ4v) is 7.73. The van der Waals surface area contributed by atoms with E-state index in [1.54, 1.807) is 22.7 Å². The molecule has 4 nitrogen and oxygen atoms in total. The smallest absolute Gasteiger partial charge is 0.0826 e. The summed E-state index contributed by atoms with van der Waals surface area (Å²) in [5.41, 5.74) is 16.8. The zero-order valence-electron chi connectivity index (χ0n) is 25.6. The minimum absolute atomic E-state index is 0.934. The quantitative estimate of drug-likeness (QED) is 0.168. The topological polar surface area (TPSA) is 51.6 Å². The fourth-order valence-electron chi connectivity index (χ4n) is 6.61. The molecule has 0 aliphatic carbocycles. The van der Waals surface area contributed by atoms with Crippen LogP contribution in [0, 0.1) is 0 Å². The first kappa shape index (κ1) is 28.4. The Morgan fingerprint density at radius 1 is 0.354 bits per heavy atom. The number of fused-ring (bicyclic) bond motifs is 2. The number of benzene rings is 5. The van der Waals surface area contributed by atoms with Crippen molar-refractivity contribution in [1.82, 2.24) is 19.9 Å². The highest BCUT2D eigenvalue weighted by molar-refractivity contribution is 7.08. The van der Waals surface area contributed by atoms with Gasteiger partial charge in [-0.05, 0) is 73.1 Å². The molecular formula is C42H26N4S2. The second kappa shape index (κ2) is 12.1. The van der Waals surface area contributed by atoms with Gasteiger partial charge in [0.05, 0.1) is 22.4 Å². The summed E-state index contributed by atoms with van der Waals surface area (Å²) in [6, 6.07) is 39.3. The molecule has 0 spiro atoms. The largest absolute Gasteiger partial charge is 0.263 e. The van der Waals surface area contributed by atoms with Crippen molar-refractivity contribution in [3.63, 3.8) is 0 Å². The Hall–Kier alpha value is -5.82. The number of rotatable bonds is 6. The maximum absolute atomic E-state index is 4.72. The third-order valence-corrected chi connectivity index (χ3v) is 10.0. The molecule has 4 aromatic heterocycles. The molecule has 9 aromatic rings. The Balaban J connectivity index is 1.30. The van der Waals surface area contributed by atoms with Gasteiger partial charge in [-0.3, -0.25) is 9.97 Å². The van der Waals surface area contributed by atoms with E-state index in [1.165, 1.54) is 16.7 Å². The van der Waals surface area contributed by atoms with Gasteiger partial charge in [0.25, 0.3) is 0 Å². The van der Waals surface area contributed by atoms with E-state index in [2.05, 4.69) is 130 Å². The Morgan fingerprint density at radius 2 is 0.812 bits per heavy atom. The molecule has 0 aliphatic rings. The Bertz CT molecular complexity index is 2540. The van der Waals surface area contributed by atoms with Crippen LogP contribution < -0.4 is 0 Å². The number of aromatic nitrogens is 4. The van der Waals surface area contributed by atoms with Crippen LogP contribution in [0.5, 0.6) is 0 Å². The molecule has 0 N–H and O–H groups in total. The molecule has 48 heavy (non-hydrogen) atoms. The van der Waals surface area contributed by atoms with Gasteiger partial charge in [0.1, 0.15) is 0 Å². The van der Waals surface area contributed by atoms with Gasteiger partial charge < -0.3 is 0 Å². The SMILES string of the molecule is c1ccc(-c2ccc(-c3ccc4c(-c5cncc(-c6cscn6)c5)c5ccccc5c(-c5cncc(-c6cscn6)c5)c4c3)cc2)cc1. The van der Waals surface area contributed by atoms with Crippen LogP contribution in [0.25, 0.3) is 88.6 Å². The minimum atomic E-state index is 0.934. The third-order valence-electron chi connectivity index (χ3n) is 8.86. The van der Waals surface area contributed by atoms with Crippen LogP contribution in [0.15, 0.2) is 156 Å². The molecule has 0 fully saturated rings. The average Bonchev–Trinajstić information content (AvgIpc) is 3.90. The van der Waals surface area contributed by atoms with E-state index in [0.29, 0.717) is 0 Å². The van der Waals surface area contributed by atoms with E-state index in [1.807, 2.05) is 35.8 Å². The number of hydrogen-bond acceptors (Lipinski definition) is 6. The van der Waals surface area contributed by atoms with Crippen molar-refractivity contribution < 1.29 is 0 Å². The Labute approximate surface area is 285 Å².